The van der Waals surface area contributed by atoms with Gasteiger partial charge in [-0.2, -0.15) is 0 Å². The lowest BCUT2D eigenvalue weighted by Gasteiger charge is -2.28. The molecule has 1 heterocycles. The Hall–Kier alpha value is -2.74. The van der Waals surface area contributed by atoms with Gasteiger partial charge in [-0.1, -0.05) is 13.8 Å². The highest BCUT2D eigenvalue weighted by Gasteiger charge is 2.40. The van der Waals surface area contributed by atoms with E-state index in [1.54, 1.807) is 24.3 Å². The molecule has 27 heavy (non-hydrogen) atoms. The van der Waals surface area contributed by atoms with Crippen LogP contribution in [0.4, 0.5) is 10.5 Å². The largest absolute Gasteiger partial charge is 0.494 e. The average Bonchev–Trinajstić information content (AvgIpc) is 2.65. The Morgan fingerprint density at radius 2 is 1.81 bits per heavy atom. The predicted octanol–water partition coefficient (Wildman–Crippen LogP) is 1.70. The van der Waals surface area contributed by atoms with Crippen LogP contribution in [0.3, 0.4) is 0 Å². The monoisotopic (exact) mass is 374 g/mol. The lowest BCUT2D eigenvalue weighted by molar-refractivity contribution is -0.131. The third-order valence-corrected chi connectivity index (χ3v) is 4.30. The van der Waals surface area contributed by atoms with Gasteiger partial charge in [0.2, 0.25) is 5.91 Å². The Morgan fingerprint density at radius 3 is 2.41 bits per heavy atom. The van der Waals surface area contributed by atoms with Gasteiger partial charge in [-0.3, -0.25) is 19.9 Å². The van der Waals surface area contributed by atoms with E-state index in [-0.39, 0.29) is 0 Å². The van der Waals surface area contributed by atoms with Gasteiger partial charge < -0.3 is 9.64 Å². The first-order valence-electron chi connectivity index (χ1n) is 9.15. The molecule has 1 atom stereocenters. The number of rotatable bonds is 9. The second-order valence-electron chi connectivity index (χ2n) is 5.95. The van der Waals surface area contributed by atoms with Gasteiger partial charge in [0.15, 0.2) is 5.92 Å². The maximum Gasteiger partial charge on any atom is 0.335 e. The number of nitrogens with zero attached hydrogens (tertiary/aromatic N) is 3. The van der Waals surface area contributed by atoms with Crippen LogP contribution in [0, 0.1) is 5.92 Å². The van der Waals surface area contributed by atoms with Crippen LogP contribution in [0.25, 0.3) is 0 Å². The maximum atomic E-state index is 12.7. The molecule has 0 bridgehead atoms. The van der Waals surface area contributed by atoms with Crippen molar-refractivity contribution in [2.75, 3.05) is 37.7 Å². The van der Waals surface area contributed by atoms with E-state index in [4.69, 9.17) is 4.74 Å². The highest BCUT2D eigenvalue weighted by molar-refractivity contribution is 6.32. The Morgan fingerprint density at radius 1 is 1.15 bits per heavy atom. The summed E-state index contributed by atoms with van der Waals surface area (Å²) in [6, 6.07) is 5.79. The van der Waals surface area contributed by atoms with E-state index in [9.17, 15) is 14.4 Å². The zero-order valence-corrected chi connectivity index (χ0v) is 16.0. The van der Waals surface area contributed by atoms with Crippen LogP contribution in [0.5, 0.6) is 5.75 Å². The molecule has 1 saturated heterocycles. The van der Waals surface area contributed by atoms with Gasteiger partial charge in [0.1, 0.15) is 5.75 Å². The highest BCUT2D eigenvalue weighted by atomic mass is 16.5. The van der Waals surface area contributed by atoms with Crippen molar-refractivity contribution in [1.82, 2.24) is 10.2 Å². The fourth-order valence-corrected chi connectivity index (χ4v) is 2.74. The zero-order valence-electron chi connectivity index (χ0n) is 16.0. The minimum atomic E-state index is -1.12. The van der Waals surface area contributed by atoms with Crippen LogP contribution in [0.1, 0.15) is 20.8 Å². The normalized spacial score (nSPS) is 17.7. The van der Waals surface area contributed by atoms with Gasteiger partial charge in [0.25, 0.3) is 5.91 Å². The van der Waals surface area contributed by atoms with Crippen molar-refractivity contribution >= 4 is 29.7 Å². The third-order valence-electron chi connectivity index (χ3n) is 4.30. The number of ether oxygens (including phenoxy) is 1. The summed E-state index contributed by atoms with van der Waals surface area (Å²) in [7, 11) is 0. The molecule has 0 aromatic heterocycles. The smallest absolute Gasteiger partial charge is 0.335 e. The second-order valence-corrected chi connectivity index (χ2v) is 5.95. The van der Waals surface area contributed by atoms with E-state index < -0.39 is 23.8 Å². The summed E-state index contributed by atoms with van der Waals surface area (Å²) in [6.07, 6.45) is 1.33. The molecular weight excluding hydrogens is 348 g/mol. The number of aliphatic imine (C=N–C) groups is 1. The molecule has 1 aliphatic rings. The van der Waals surface area contributed by atoms with E-state index >= 15 is 0 Å². The number of benzene rings is 1. The van der Waals surface area contributed by atoms with E-state index in [0.717, 1.165) is 24.5 Å². The number of barbiturate groups is 1. The molecule has 0 spiro atoms. The summed E-state index contributed by atoms with van der Waals surface area (Å²) in [5, 5.41) is 2.21. The number of nitrogens with one attached hydrogen (secondary N) is 1. The summed E-state index contributed by atoms with van der Waals surface area (Å²) in [5.74, 6) is -1.75. The molecule has 1 N–H and O–H groups in total. The third kappa shape index (κ3) is 5.13. The number of imide groups is 2. The fourth-order valence-electron chi connectivity index (χ4n) is 2.74. The minimum absolute atomic E-state index is 0.370. The zero-order chi connectivity index (χ0) is 19.8. The summed E-state index contributed by atoms with van der Waals surface area (Å²) >= 11 is 0. The summed E-state index contributed by atoms with van der Waals surface area (Å²) in [4.78, 5) is 44.3. The first-order valence-corrected chi connectivity index (χ1v) is 9.15. The molecule has 0 saturated carbocycles. The van der Waals surface area contributed by atoms with Crippen molar-refractivity contribution in [2.24, 2.45) is 10.9 Å². The predicted molar refractivity (Wildman–Crippen MR) is 103 cm³/mol. The number of anilines is 1. The van der Waals surface area contributed by atoms with E-state index in [0.29, 0.717) is 24.6 Å². The molecule has 1 aromatic rings. The molecule has 1 unspecified atom stereocenters. The quantitative estimate of drug-likeness (QED) is 0.525. The Kier molecular flexibility index (Phi) is 7.48. The first-order chi connectivity index (χ1) is 13.0. The Balaban J connectivity index is 2.10. The number of hydrogen-bond donors (Lipinski definition) is 1. The van der Waals surface area contributed by atoms with Gasteiger partial charge in [-0.05, 0) is 44.3 Å². The van der Waals surface area contributed by atoms with E-state index in [2.05, 4.69) is 29.1 Å². The minimum Gasteiger partial charge on any atom is -0.494 e. The van der Waals surface area contributed by atoms with Crippen molar-refractivity contribution < 1.29 is 19.1 Å². The SMILES string of the molecule is CCOc1ccc(N2C(=O)NC(=O)C(C=NCCN(CC)CC)C2=O)cc1. The Bertz CT molecular complexity index is 698. The summed E-state index contributed by atoms with van der Waals surface area (Å²) < 4.78 is 5.36. The molecule has 0 radical (unpaired) electrons. The van der Waals surface area contributed by atoms with Crippen LogP contribution < -0.4 is 15.0 Å². The molecule has 4 amide bonds. The van der Waals surface area contributed by atoms with Crippen molar-refractivity contribution in [3.05, 3.63) is 24.3 Å². The Labute approximate surface area is 159 Å². The van der Waals surface area contributed by atoms with E-state index in [1.807, 2.05) is 6.92 Å². The van der Waals surface area contributed by atoms with Crippen molar-refractivity contribution in [2.45, 2.75) is 20.8 Å². The van der Waals surface area contributed by atoms with Gasteiger partial charge >= 0.3 is 6.03 Å². The number of carbonyl (C=O) groups is 3. The van der Waals surface area contributed by atoms with Gasteiger partial charge in [0, 0.05) is 12.8 Å². The van der Waals surface area contributed by atoms with Crippen molar-refractivity contribution in [3.63, 3.8) is 0 Å². The van der Waals surface area contributed by atoms with Crippen LogP contribution >= 0.6 is 0 Å². The van der Waals surface area contributed by atoms with Crippen LogP contribution in [-0.2, 0) is 9.59 Å². The number of urea groups is 1. The molecule has 8 nitrogen and oxygen atoms in total. The van der Waals surface area contributed by atoms with Crippen molar-refractivity contribution in [3.8, 4) is 5.75 Å². The number of hydrogen-bond acceptors (Lipinski definition) is 6. The summed E-state index contributed by atoms with van der Waals surface area (Å²) in [5.41, 5.74) is 0.370. The van der Waals surface area contributed by atoms with Gasteiger partial charge in [-0.25, -0.2) is 9.69 Å². The number of amides is 4. The highest BCUT2D eigenvalue weighted by Crippen LogP contribution is 2.23. The van der Waals surface area contributed by atoms with Crippen molar-refractivity contribution in [1.29, 1.82) is 0 Å². The van der Waals surface area contributed by atoms with Gasteiger partial charge in [0.05, 0.1) is 18.8 Å². The standard InChI is InChI=1S/C19H26N4O4/c1-4-22(5-2)12-11-20-13-16-17(24)21-19(26)23(18(16)25)14-7-9-15(10-8-14)27-6-3/h7-10,13,16H,4-6,11-12H2,1-3H3,(H,21,24,26). The molecule has 8 heteroatoms. The first kappa shape index (κ1) is 20.6. The van der Waals surface area contributed by atoms with Gasteiger partial charge in [-0.15, -0.1) is 0 Å². The van der Waals surface area contributed by atoms with E-state index in [1.165, 1.54) is 6.21 Å². The fraction of sp³-hybridized carbons (Fsp3) is 0.474. The average molecular weight is 374 g/mol. The molecular formula is C19H26N4O4. The topological polar surface area (TPSA) is 91.3 Å². The van der Waals surface area contributed by atoms with Crippen LogP contribution in [0.2, 0.25) is 0 Å². The molecule has 2 rings (SSSR count). The van der Waals surface area contributed by atoms with Crippen LogP contribution in [0.15, 0.2) is 29.3 Å². The lowest BCUT2D eigenvalue weighted by Crippen LogP contribution is -2.58. The maximum absolute atomic E-state index is 12.7. The second kappa shape index (κ2) is 9.82. The summed E-state index contributed by atoms with van der Waals surface area (Å²) in [6.45, 7) is 9.55. The molecule has 1 aromatic carbocycles. The molecule has 0 aliphatic carbocycles. The molecule has 1 aliphatic heterocycles. The molecule has 146 valence electrons. The molecule has 1 fully saturated rings. The lowest BCUT2D eigenvalue weighted by atomic mass is 10.1. The number of likely N-dealkylation sites (N-methyl/N-ethyl adjacent to an activating group) is 1. The van der Waals surface area contributed by atoms with Crippen LogP contribution in [-0.4, -0.2) is 61.7 Å². The number of carbonyl (C=O) groups excluding carboxylic acids is 3.